The predicted octanol–water partition coefficient (Wildman–Crippen LogP) is 3.36. The number of nitrogens with two attached hydrogens (primary N) is 1. The third-order valence-electron chi connectivity index (χ3n) is 3.45. The van der Waals surface area contributed by atoms with E-state index in [1.54, 1.807) is 11.8 Å². The first-order chi connectivity index (χ1) is 9.51. The molecule has 0 bridgehead atoms. The minimum atomic E-state index is 0.518. The summed E-state index contributed by atoms with van der Waals surface area (Å²) >= 11 is 1.71. The van der Waals surface area contributed by atoms with Crippen LogP contribution in [-0.2, 0) is 6.54 Å². The summed E-state index contributed by atoms with van der Waals surface area (Å²) in [7, 11) is 0. The van der Waals surface area contributed by atoms with Gasteiger partial charge in [-0.15, -0.1) is 11.8 Å². The van der Waals surface area contributed by atoms with E-state index < -0.39 is 0 Å². The first kappa shape index (κ1) is 17.3. The minimum absolute atomic E-state index is 0.518. The number of ether oxygens (including phenoxy) is 1. The Kier molecular flexibility index (Phi) is 7.41. The van der Waals surface area contributed by atoms with Crippen LogP contribution in [0.2, 0.25) is 0 Å². The second kappa shape index (κ2) is 8.55. The molecule has 0 atom stereocenters. The second-order valence-corrected chi connectivity index (χ2v) is 6.26. The summed E-state index contributed by atoms with van der Waals surface area (Å²) in [4.78, 5) is 3.63. The van der Waals surface area contributed by atoms with Crippen LogP contribution < -0.4 is 10.5 Å². The topological polar surface area (TPSA) is 38.5 Å². The van der Waals surface area contributed by atoms with Crippen molar-refractivity contribution in [1.82, 2.24) is 4.90 Å². The van der Waals surface area contributed by atoms with Crippen molar-refractivity contribution in [3.8, 4) is 5.75 Å². The summed E-state index contributed by atoms with van der Waals surface area (Å²) < 4.78 is 5.97. The molecule has 0 heterocycles. The van der Waals surface area contributed by atoms with E-state index in [9.17, 15) is 0 Å². The van der Waals surface area contributed by atoms with E-state index in [1.165, 1.54) is 4.90 Å². The highest BCUT2D eigenvalue weighted by Gasteiger charge is 2.13. The monoisotopic (exact) mass is 296 g/mol. The van der Waals surface area contributed by atoms with Gasteiger partial charge in [-0.25, -0.2) is 0 Å². The molecule has 114 valence electrons. The number of thioether (sulfide) groups is 1. The van der Waals surface area contributed by atoms with E-state index >= 15 is 0 Å². The molecule has 0 aliphatic rings. The van der Waals surface area contributed by atoms with Gasteiger partial charge in [0.1, 0.15) is 12.4 Å². The summed E-state index contributed by atoms with van der Waals surface area (Å²) in [5.74, 6) is 0.923. The first-order valence-corrected chi connectivity index (χ1v) is 8.48. The fraction of sp³-hybridized carbons (Fsp3) is 0.625. The van der Waals surface area contributed by atoms with Crippen molar-refractivity contribution in [2.24, 2.45) is 5.73 Å². The van der Waals surface area contributed by atoms with Crippen molar-refractivity contribution in [3.63, 3.8) is 0 Å². The lowest BCUT2D eigenvalue weighted by Gasteiger charge is -2.30. The molecule has 0 saturated carbocycles. The largest absolute Gasteiger partial charge is 0.492 e. The molecular weight excluding hydrogens is 268 g/mol. The molecule has 1 rings (SSSR count). The zero-order valence-electron chi connectivity index (χ0n) is 13.3. The lowest BCUT2D eigenvalue weighted by Crippen LogP contribution is -2.39. The Balaban J connectivity index is 2.66. The Morgan fingerprint density at radius 2 is 1.85 bits per heavy atom. The molecule has 0 aliphatic heterocycles. The zero-order valence-corrected chi connectivity index (χ0v) is 14.2. The SMILES string of the molecule is CSc1cccc(OCCN(C(C)C)C(C)C)c1CN. The highest BCUT2D eigenvalue weighted by molar-refractivity contribution is 7.98. The number of hydrogen-bond donors (Lipinski definition) is 1. The summed E-state index contributed by atoms with van der Waals surface area (Å²) in [6.45, 7) is 11.0. The van der Waals surface area contributed by atoms with E-state index in [0.717, 1.165) is 17.9 Å². The lowest BCUT2D eigenvalue weighted by molar-refractivity contribution is 0.141. The van der Waals surface area contributed by atoms with Gasteiger partial charge in [0, 0.05) is 35.6 Å². The molecule has 3 nitrogen and oxygen atoms in total. The van der Waals surface area contributed by atoms with Gasteiger partial charge in [0.25, 0.3) is 0 Å². The summed E-state index contributed by atoms with van der Waals surface area (Å²) in [5.41, 5.74) is 6.96. The molecule has 1 aromatic rings. The molecule has 0 spiro atoms. The van der Waals surface area contributed by atoms with Gasteiger partial charge in [-0.1, -0.05) is 6.07 Å². The second-order valence-electron chi connectivity index (χ2n) is 5.41. The molecule has 0 aromatic heterocycles. The van der Waals surface area contributed by atoms with Crippen molar-refractivity contribution in [3.05, 3.63) is 23.8 Å². The van der Waals surface area contributed by atoms with Gasteiger partial charge < -0.3 is 10.5 Å². The highest BCUT2D eigenvalue weighted by atomic mass is 32.2. The molecule has 0 saturated heterocycles. The van der Waals surface area contributed by atoms with Gasteiger partial charge in [0.05, 0.1) is 0 Å². The smallest absolute Gasteiger partial charge is 0.124 e. The third-order valence-corrected chi connectivity index (χ3v) is 4.27. The Morgan fingerprint density at radius 1 is 1.20 bits per heavy atom. The minimum Gasteiger partial charge on any atom is -0.492 e. The van der Waals surface area contributed by atoms with Gasteiger partial charge in [0.15, 0.2) is 0 Å². The van der Waals surface area contributed by atoms with E-state index in [4.69, 9.17) is 10.5 Å². The summed E-state index contributed by atoms with van der Waals surface area (Å²) in [5, 5.41) is 0. The molecule has 2 N–H and O–H groups in total. The Morgan fingerprint density at radius 3 is 2.35 bits per heavy atom. The Labute approximate surface area is 127 Å². The van der Waals surface area contributed by atoms with Gasteiger partial charge in [-0.2, -0.15) is 0 Å². The lowest BCUT2D eigenvalue weighted by atomic mass is 10.2. The molecular formula is C16H28N2OS. The number of hydrogen-bond acceptors (Lipinski definition) is 4. The number of benzene rings is 1. The molecule has 0 aliphatic carbocycles. The van der Waals surface area contributed by atoms with Gasteiger partial charge >= 0.3 is 0 Å². The number of rotatable bonds is 8. The van der Waals surface area contributed by atoms with Gasteiger partial charge in [-0.3, -0.25) is 4.90 Å². The molecule has 0 amide bonds. The maximum absolute atomic E-state index is 5.97. The highest BCUT2D eigenvalue weighted by Crippen LogP contribution is 2.28. The van der Waals surface area contributed by atoms with E-state index in [-0.39, 0.29) is 0 Å². The van der Waals surface area contributed by atoms with Crippen molar-refractivity contribution in [1.29, 1.82) is 0 Å². The average Bonchev–Trinajstić information content (AvgIpc) is 2.42. The van der Waals surface area contributed by atoms with Crippen LogP contribution in [0, 0.1) is 0 Å². The standard InChI is InChI=1S/C16H28N2OS/c1-12(2)18(13(3)4)9-10-19-15-7-6-8-16(20-5)14(15)11-17/h6-8,12-13H,9-11,17H2,1-5H3. The van der Waals surface area contributed by atoms with Crippen LogP contribution in [0.25, 0.3) is 0 Å². The maximum atomic E-state index is 5.97. The number of nitrogens with zero attached hydrogens (tertiary/aromatic N) is 1. The van der Waals surface area contributed by atoms with Crippen LogP contribution in [0.1, 0.15) is 33.3 Å². The van der Waals surface area contributed by atoms with E-state index in [0.29, 0.717) is 25.2 Å². The van der Waals surface area contributed by atoms with Crippen LogP contribution in [0.4, 0.5) is 0 Å². The van der Waals surface area contributed by atoms with Crippen LogP contribution in [-0.4, -0.2) is 36.4 Å². The van der Waals surface area contributed by atoms with Crippen LogP contribution >= 0.6 is 11.8 Å². The quantitative estimate of drug-likeness (QED) is 0.747. The van der Waals surface area contributed by atoms with Crippen molar-refractivity contribution >= 4 is 11.8 Å². The molecule has 4 heteroatoms. The Bertz CT molecular complexity index is 399. The molecule has 0 unspecified atom stereocenters. The molecule has 1 aromatic carbocycles. The maximum Gasteiger partial charge on any atom is 0.124 e. The summed E-state index contributed by atoms with van der Waals surface area (Å²) in [6, 6.07) is 7.20. The molecule has 20 heavy (non-hydrogen) atoms. The van der Waals surface area contributed by atoms with Crippen LogP contribution in [0.5, 0.6) is 5.75 Å². The fourth-order valence-electron chi connectivity index (χ4n) is 2.45. The van der Waals surface area contributed by atoms with Crippen molar-refractivity contribution < 1.29 is 4.74 Å². The van der Waals surface area contributed by atoms with E-state index in [2.05, 4.69) is 44.9 Å². The van der Waals surface area contributed by atoms with Gasteiger partial charge in [0.2, 0.25) is 0 Å². The Hall–Kier alpha value is -0.710. The zero-order chi connectivity index (χ0) is 15.1. The van der Waals surface area contributed by atoms with Crippen LogP contribution in [0.3, 0.4) is 0 Å². The first-order valence-electron chi connectivity index (χ1n) is 7.25. The average molecular weight is 296 g/mol. The fourth-order valence-corrected chi connectivity index (χ4v) is 3.09. The van der Waals surface area contributed by atoms with Crippen molar-refractivity contribution in [2.45, 2.75) is 51.2 Å². The van der Waals surface area contributed by atoms with Gasteiger partial charge in [-0.05, 0) is 46.1 Å². The molecule has 0 radical (unpaired) electrons. The summed E-state index contributed by atoms with van der Waals surface area (Å²) in [6.07, 6.45) is 2.07. The van der Waals surface area contributed by atoms with Crippen molar-refractivity contribution in [2.75, 3.05) is 19.4 Å². The third kappa shape index (κ3) is 4.69. The molecule has 0 fully saturated rings. The van der Waals surface area contributed by atoms with Crippen LogP contribution in [0.15, 0.2) is 23.1 Å². The predicted molar refractivity (Wildman–Crippen MR) is 88.6 cm³/mol. The van der Waals surface area contributed by atoms with E-state index in [1.807, 2.05) is 12.1 Å². The normalized spacial score (nSPS) is 11.7.